The van der Waals surface area contributed by atoms with Gasteiger partial charge in [0.1, 0.15) is 0 Å². The van der Waals surface area contributed by atoms with Crippen molar-refractivity contribution in [2.75, 3.05) is 13.1 Å². The first-order valence-electron chi connectivity index (χ1n) is 6.45. The summed E-state index contributed by atoms with van der Waals surface area (Å²) >= 11 is 0. The first-order chi connectivity index (χ1) is 9.74. The average molecular weight is 274 g/mol. The van der Waals surface area contributed by atoms with Gasteiger partial charge in [0.25, 0.3) is 0 Å². The molecule has 7 nitrogen and oxygen atoms in total. The molecule has 1 aliphatic heterocycles. The lowest BCUT2D eigenvalue weighted by Gasteiger charge is -2.28. The first kappa shape index (κ1) is 12.7. The van der Waals surface area contributed by atoms with Crippen molar-refractivity contribution in [3.8, 4) is 11.4 Å². The predicted molar refractivity (Wildman–Crippen MR) is 68.7 cm³/mol. The van der Waals surface area contributed by atoms with Crippen LogP contribution in [0.1, 0.15) is 23.5 Å². The summed E-state index contributed by atoms with van der Waals surface area (Å²) in [4.78, 5) is 21.8. The van der Waals surface area contributed by atoms with Gasteiger partial charge in [-0.25, -0.2) is 0 Å². The van der Waals surface area contributed by atoms with Gasteiger partial charge < -0.3 is 14.5 Å². The van der Waals surface area contributed by atoms with Gasteiger partial charge in [0.05, 0.1) is 6.10 Å². The molecule has 1 amide bonds. The fourth-order valence-electron chi connectivity index (χ4n) is 2.13. The maximum absolute atomic E-state index is 12.2. The monoisotopic (exact) mass is 274 g/mol. The fourth-order valence-corrected chi connectivity index (χ4v) is 2.13. The van der Waals surface area contributed by atoms with Crippen LogP contribution in [0, 0.1) is 0 Å². The Morgan fingerprint density at radius 2 is 2.00 bits per heavy atom. The Balaban J connectivity index is 1.75. The van der Waals surface area contributed by atoms with Crippen LogP contribution in [-0.2, 0) is 0 Å². The summed E-state index contributed by atoms with van der Waals surface area (Å²) in [5, 5.41) is 13.2. The largest absolute Gasteiger partial charge is 0.393 e. The van der Waals surface area contributed by atoms with Crippen molar-refractivity contribution in [1.82, 2.24) is 20.0 Å². The van der Waals surface area contributed by atoms with Crippen LogP contribution in [-0.4, -0.2) is 50.2 Å². The number of likely N-dealkylation sites (tertiary alicyclic amines) is 1. The number of hydrogen-bond acceptors (Lipinski definition) is 6. The summed E-state index contributed by atoms with van der Waals surface area (Å²) in [5.41, 5.74) is 0.747. The molecule has 1 fully saturated rings. The van der Waals surface area contributed by atoms with Crippen molar-refractivity contribution >= 4 is 5.91 Å². The van der Waals surface area contributed by atoms with E-state index >= 15 is 0 Å². The van der Waals surface area contributed by atoms with E-state index in [4.69, 9.17) is 4.52 Å². The Labute approximate surface area is 115 Å². The summed E-state index contributed by atoms with van der Waals surface area (Å²) in [5.74, 6) is 0.0608. The summed E-state index contributed by atoms with van der Waals surface area (Å²) < 4.78 is 5.03. The molecule has 3 heterocycles. The SMILES string of the molecule is O=C(c1nc(-c2ccncc2)no1)N1CCC(O)CC1. The third kappa shape index (κ3) is 2.53. The highest BCUT2D eigenvalue weighted by Gasteiger charge is 2.26. The van der Waals surface area contributed by atoms with E-state index in [0.29, 0.717) is 31.8 Å². The van der Waals surface area contributed by atoms with Crippen LogP contribution in [0.25, 0.3) is 11.4 Å². The van der Waals surface area contributed by atoms with E-state index in [0.717, 1.165) is 5.56 Å². The Kier molecular flexibility index (Phi) is 3.42. The Morgan fingerprint density at radius 1 is 1.30 bits per heavy atom. The van der Waals surface area contributed by atoms with Crippen molar-refractivity contribution in [3.05, 3.63) is 30.4 Å². The fraction of sp³-hybridized carbons (Fsp3) is 0.385. The van der Waals surface area contributed by atoms with E-state index in [1.54, 1.807) is 29.4 Å². The average Bonchev–Trinajstić information content (AvgIpc) is 2.98. The highest BCUT2D eigenvalue weighted by molar-refractivity contribution is 5.90. The molecule has 7 heteroatoms. The molecule has 0 unspecified atom stereocenters. The Bertz CT molecular complexity index is 591. The van der Waals surface area contributed by atoms with Gasteiger partial charge in [-0.15, -0.1) is 0 Å². The van der Waals surface area contributed by atoms with Crippen LogP contribution in [0.3, 0.4) is 0 Å². The molecule has 0 aliphatic carbocycles. The summed E-state index contributed by atoms with van der Waals surface area (Å²) in [7, 11) is 0. The smallest absolute Gasteiger partial charge is 0.316 e. The van der Waals surface area contributed by atoms with Crippen molar-refractivity contribution in [2.24, 2.45) is 0 Å². The van der Waals surface area contributed by atoms with Crippen molar-refractivity contribution < 1.29 is 14.4 Å². The number of carbonyl (C=O) groups is 1. The van der Waals surface area contributed by atoms with Gasteiger partial charge in [0, 0.05) is 31.0 Å². The van der Waals surface area contributed by atoms with Crippen LogP contribution in [0.5, 0.6) is 0 Å². The molecule has 2 aromatic heterocycles. The lowest BCUT2D eigenvalue weighted by Crippen LogP contribution is -2.40. The molecule has 1 N–H and O–H groups in total. The van der Waals surface area contributed by atoms with Gasteiger partial charge in [-0.05, 0) is 25.0 Å². The molecule has 3 rings (SSSR count). The summed E-state index contributed by atoms with van der Waals surface area (Å²) in [6, 6.07) is 3.49. The highest BCUT2D eigenvalue weighted by atomic mass is 16.5. The minimum Gasteiger partial charge on any atom is -0.393 e. The van der Waals surface area contributed by atoms with Gasteiger partial charge in [-0.2, -0.15) is 4.98 Å². The van der Waals surface area contributed by atoms with E-state index in [2.05, 4.69) is 15.1 Å². The van der Waals surface area contributed by atoms with E-state index < -0.39 is 0 Å². The maximum Gasteiger partial charge on any atom is 0.316 e. The number of hydrogen-bond donors (Lipinski definition) is 1. The number of pyridine rings is 1. The summed E-state index contributed by atoms with van der Waals surface area (Å²) in [6.07, 6.45) is 4.08. The molecule has 0 saturated carbocycles. The van der Waals surface area contributed by atoms with Crippen molar-refractivity contribution in [2.45, 2.75) is 18.9 Å². The van der Waals surface area contributed by atoms with Gasteiger partial charge in [0.15, 0.2) is 0 Å². The highest BCUT2D eigenvalue weighted by Crippen LogP contribution is 2.17. The number of carbonyl (C=O) groups excluding carboxylic acids is 1. The molecule has 104 valence electrons. The zero-order valence-corrected chi connectivity index (χ0v) is 10.8. The zero-order valence-electron chi connectivity index (χ0n) is 10.8. The van der Waals surface area contributed by atoms with Crippen LogP contribution >= 0.6 is 0 Å². The number of piperidine rings is 1. The Morgan fingerprint density at radius 3 is 2.70 bits per heavy atom. The number of aliphatic hydroxyl groups is 1. The first-order valence-corrected chi connectivity index (χ1v) is 6.45. The second-order valence-corrected chi connectivity index (χ2v) is 4.68. The second-order valence-electron chi connectivity index (χ2n) is 4.68. The molecular formula is C13H14N4O3. The van der Waals surface area contributed by atoms with E-state index in [9.17, 15) is 9.90 Å². The Hall–Kier alpha value is -2.28. The molecular weight excluding hydrogens is 260 g/mol. The standard InChI is InChI=1S/C13H14N4O3/c18-10-3-7-17(8-4-10)13(19)12-15-11(16-20-12)9-1-5-14-6-2-9/h1-2,5-6,10,18H,3-4,7-8H2. The van der Waals surface area contributed by atoms with Gasteiger partial charge >= 0.3 is 11.8 Å². The molecule has 2 aromatic rings. The van der Waals surface area contributed by atoms with Crippen molar-refractivity contribution in [3.63, 3.8) is 0 Å². The quantitative estimate of drug-likeness (QED) is 0.867. The molecule has 0 bridgehead atoms. The van der Waals surface area contributed by atoms with Gasteiger partial charge in [-0.3, -0.25) is 9.78 Å². The van der Waals surface area contributed by atoms with Crippen LogP contribution < -0.4 is 0 Å². The van der Waals surface area contributed by atoms with Crippen LogP contribution in [0.2, 0.25) is 0 Å². The van der Waals surface area contributed by atoms with E-state index in [-0.39, 0.29) is 17.9 Å². The lowest BCUT2D eigenvalue weighted by molar-refractivity contribution is 0.0505. The zero-order chi connectivity index (χ0) is 13.9. The minimum absolute atomic E-state index is 0.0202. The number of amides is 1. The topological polar surface area (TPSA) is 92.3 Å². The molecule has 0 atom stereocenters. The maximum atomic E-state index is 12.2. The molecule has 0 spiro atoms. The van der Waals surface area contributed by atoms with Crippen molar-refractivity contribution in [1.29, 1.82) is 0 Å². The number of rotatable bonds is 2. The van der Waals surface area contributed by atoms with Crippen LogP contribution in [0.15, 0.2) is 29.0 Å². The van der Waals surface area contributed by atoms with Gasteiger partial charge in [-0.1, -0.05) is 5.16 Å². The lowest BCUT2D eigenvalue weighted by atomic mass is 10.1. The normalized spacial score (nSPS) is 16.4. The molecule has 1 saturated heterocycles. The second kappa shape index (κ2) is 5.38. The van der Waals surface area contributed by atoms with E-state index in [1.807, 2.05) is 0 Å². The molecule has 1 aliphatic rings. The molecule has 20 heavy (non-hydrogen) atoms. The minimum atomic E-state index is -0.325. The number of aromatic nitrogens is 3. The van der Waals surface area contributed by atoms with Gasteiger partial charge in [0.2, 0.25) is 5.82 Å². The third-order valence-corrected chi connectivity index (χ3v) is 3.30. The number of aliphatic hydroxyl groups excluding tert-OH is 1. The molecule has 0 aromatic carbocycles. The molecule has 0 radical (unpaired) electrons. The number of nitrogens with zero attached hydrogens (tertiary/aromatic N) is 4. The van der Waals surface area contributed by atoms with E-state index in [1.165, 1.54) is 0 Å². The predicted octanol–water partition coefficient (Wildman–Crippen LogP) is 0.728. The third-order valence-electron chi connectivity index (χ3n) is 3.30. The summed E-state index contributed by atoms with van der Waals surface area (Å²) in [6.45, 7) is 1.01. The van der Waals surface area contributed by atoms with Crippen LogP contribution in [0.4, 0.5) is 0 Å².